The average Bonchev–Trinajstić information content (AvgIpc) is 3.24. The Morgan fingerprint density at radius 1 is 1.39 bits per heavy atom. The Balaban J connectivity index is 1.78. The number of nitrogens with zero attached hydrogens (tertiary/aromatic N) is 1. The third-order valence-corrected chi connectivity index (χ3v) is 6.38. The molecule has 0 bridgehead atoms. The number of carbonyl (C=O) groups excluding carboxylic acids is 1. The average molecular weight is 351 g/mol. The Morgan fingerprint density at radius 3 is 2.87 bits per heavy atom. The third-order valence-electron chi connectivity index (χ3n) is 3.77. The van der Waals surface area contributed by atoms with Crippen LogP contribution in [0.25, 0.3) is 6.08 Å². The third kappa shape index (κ3) is 4.11. The number of amides is 1. The minimum absolute atomic E-state index is 0.0404. The molecule has 3 rings (SSSR count). The van der Waals surface area contributed by atoms with E-state index in [1.54, 1.807) is 34.4 Å². The first-order valence-corrected chi connectivity index (χ1v) is 9.98. The van der Waals surface area contributed by atoms with E-state index in [0.29, 0.717) is 18.7 Å². The molecule has 0 spiro atoms. The molecule has 0 saturated carbocycles. The smallest absolute Gasteiger partial charge is 0.247 e. The summed E-state index contributed by atoms with van der Waals surface area (Å²) in [5.41, 5.74) is 0. The normalized spacial score (nSPS) is 20.1. The summed E-state index contributed by atoms with van der Waals surface area (Å²) in [7, 11) is -3.04. The summed E-state index contributed by atoms with van der Waals surface area (Å²) >= 11 is 1.56. The van der Waals surface area contributed by atoms with Crippen molar-refractivity contribution in [2.75, 3.05) is 11.5 Å². The molecular weight excluding hydrogens is 334 g/mol. The molecular formula is C16H17NO4S2. The van der Waals surface area contributed by atoms with E-state index >= 15 is 0 Å². The van der Waals surface area contributed by atoms with Gasteiger partial charge in [-0.1, -0.05) is 6.07 Å². The molecule has 1 unspecified atom stereocenters. The van der Waals surface area contributed by atoms with Crippen LogP contribution in [0.15, 0.2) is 46.4 Å². The molecule has 1 saturated heterocycles. The van der Waals surface area contributed by atoms with Gasteiger partial charge in [-0.3, -0.25) is 4.79 Å². The van der Waals surface area contributed by atoms with Crippen molar-refractivity contribution in [2.24, 2.45) is 0 Å². The summed E-state index contributed by atoms with van der Waals surface area (Å²) in [5.74, 6) is 0.581. The molecule has 1 amide bonds. The van der Waals surface area contributed by atoms with E-state index in [0.717, 1.165) is 4.88 Å². The van der Waals surface area contributed by atoms with Gasteiger partial charge in [-0.25, -0.2) is 8.42 Å². The Kier molecular flexibility index (Phi) is 4.68. The van der Waals surface area contributed by atoms with Gasteiger partial charge < -0.3 is 9.32 Å². The lowest BCUT2D eigenvalue weighted by Crippen LogP contribution is -2.39. The van der Waals surface area contributed by atoms with Crippen molar-refractivity contribution in [1.82, 2.24) is 4.90 Å². The van der Waals surface area contributed by atoms with E-state index in [1.807, 2.05) is 17.5 Å². The maximum atomic E-state index is 12.6. The molecule has 3 heterocycles. The Morgan fingerprint density at radius 2 is 2.26 bits per heavy atom. The summed E-state index contributed by atoms with van der Waals surface area (Å²) in [4.78, 5) is 15.3. The fourth-order valence-electron chi connectivity index (χ4n) is 2.61. The molecule has 0 N–H and O–H groups in total. The van der Waals surface area contributed by atoms with Gasteiger partial charge in [0, 0.05) is 17.0 Å². The fourth-order valence-corrected chi connectivity index (χ4v) is 5.05. The van der Waals surface area contributed by atoms with Crippen molar-refractivity contribution in [3.05, 3.63) is 52.6 Å². The molecule has 0 radical (unpaired) electrons. The maximum absolute atomic E-state index is 12.6. The highest BCUT2D eigenvalue weighted by atomic mass is 32.2. The summed E-state index contributed by atoms with van der Waals surface area (Å²) in [6, 6.07) is 7.11. The Labute approximate surface area is 139 Å². The van der Waals surface area contributed by atoms with Gasteiger partial charge in [-0.05, 0) is 36.1 Å². The molecule has 2 aromatic rings. The van der Waals surface area contributed by atoms with Crippen LogP contribution in [-0.2, 0) is 21.2 Å². The van der Waals surface area contributed by atoms with Crippen LogP contribution >= 0.6 is 11.3 Å². The minimum atomic E-state index is -3.04. The first kappa shape index (κ1) is 16.0. The molecule has 23 heavy (non-hydrogen) atoms. The topological polar surface area (TPSA) is 67.6 Å². The zero-order valence-electron chi connectivity index (χ0n) is 12.4. The van der Waals surface area contributed by atoms with Gasteiger partial charge in [-0.2, -0.15) is 0 Å². The van der Waals surface area contributed by atoms with E-state index in [4.69, 9.17) is 4.42 Å². The van der Waals surface area contributed by atoms with Crippen LogP contribution in [0.2, 0.25) is 0 Å². The lowest BCUT2D eigenvalue weighted by molar-refractivity contribution is -0.128. The number of furan rings is 1. The highest BCUT2D eigenvalue weighted by Gasteiger charge is 2.34. The van der Waals surface area contributed by atoms with E-state index in [-0.39, 0.29) is 23.5 Å². The predicted molar refractivity (Wildman–Crippen MR) is 89.7 cm³/mol. The second-order valence-corrected chi connectivity index (χ2v) is 8.71. The highest BCUT2D eigenvalue weighted by Crippen LogP contribution is 2.22. The van der Waals surface area contributed by atoms with Crippen LogP contribution in [-0.4, -0.2) is 36.8 Å². The van der Waals surface area contributed by atoms with Gasteiger partial charge in [-0.15, -0.1) is 11.3 Å². The van der Waals surface area contributed by atoms with Gasteiger partial charge in [0.1, 0.15) is 5.76 Å². The van der Waals surface area contributed by atoms with Crippen LogP contribution in [0.4, 0.5) is 0 Å². The molecule has 1 aliphatic heterocycles. The Hall–Kier alpha value is -1.86. The number of sulfone groups is 1. The van der Waals surface area contributed by atoms with E-state index in [9.17, 15) is 13.2 Å². The molecule has 1 aliphatic rings. The van der Waals surface area contributed by atoms with E-state index in [1.165, 1.54) is 12.3 Å². The largest absolute Gasteiger partial charge is 0.465 e. The fraction of sp³-hybridized carbons (Fsp3) is 0.312. The number of carbonyl (C=O) groups is 1. The summed E-state index contributed by atoms with van der Waals surface area (Å²) in [5, 5.41) is 1.95. The van der Waals surface area contributed by atoms with Crippen molar-refractivity contribution >= 4 is 33.2 Å². The van der Waals surface area contributed by atoms with Gasteiger partial charge in [0.2, 0.25) is 5.91 Å². The lowest BCUT2D eigenvalue weighted by atomic mass is 10.2. The van der Waals surface area contributed by atoms with Crippen molar-refractivity contribution in [3.8, 4) is 0 Å². The van der Waals surface area contributed by atoms with Crippen LogP contribution in [0.1, 0.15) is 17.1 Å². The van der Waals surface area contributed by atoms with Crippen LogP contribution in [0, 0.1) is 0 Å². The zero-order chi connectivity index (χ0) is 16.3. The number of rotatable bonds is 5. The van der Waals surface area contributed by atoms with Gasteiger partial charge in [0.25, 0.3) is 0 Å². The van der Waals surface area contributed by atoms with Crippen molar-refractivity contribution < 1.29 is 17.6 Å². The Bertz CT molecular complexity index is 776. The molecule has 1 atom stereocenters. The molecule has 2 aromatic heterocycles. The summed E-state index contributed by atoms with van der Waals surface area (Å²) in [6.07, 6.45) is 5.08. The predicted octanol–water partition coefficient (Wildman–Crippen LogP) is 2.57. The van der Waals surface area contributed by atoms with Crippen LogP contribution < -0.4 is 0 Å². The number of hydrogen-bond acceptors (Lipinski definition) is 5. The standard InChI is InChI=1S/C16H17NO4S2/c18-16(6-5-14-3-1-8-21-14)17(11-15-4-2-9-22-15)13-7-10-23(19,20)12-13/h1-6,8-9,13H,7,10-12H2. The molecule has 1 fully saturated rings. The molecule has 122 valence electrons. The molecule has 5 nitrogen and oxygen atoms in total. The van der Waals surface area contributed by atoms with Crippen molar-refractivity contribution in [3.63, 3.8) is 0 Å². The van der Waals surface area contributed by atoms with Gasteiger partial charge in [0.15, 0.2) is 9.84 Å². The molecule has 0 aromatic carbocycles. The molecule has 7 heteroatoms. The van der Waals surface area contributed by atoms with Crippen molar-refractivity contribution in [2.45, 2.75) is 19.0 Å². The highest BCUT2D eigenvalue weighted by molar-refractivity contribution is 7.91. The molecule has 0 aliphatic carbocycles. The second-order valence-electron chi connectivity index (χ2n) is 5.45. The van der Waals surface area contributed by atoms with Gasteiger partial charge in [0.05, 0.1) is 24.3 Å². The van der Waals surface area contributed by atoms with Crippen molar-refractivity contribution in [1.29, 1.82) is 0 Å². The first-order chi connectivity index (χ1) is 11.0. The summed E-state index contributed by atoms with van der Waals surface area (Å²) < 4.78 is 28.7. The quantitative estimate of drug-likeness (QED) is 0.777. The number of thiophene rings is 1. The van der Waals surface area contributed by atoms with Crippen LogP contribution in [0.3, 0.4) is 0 Å². The minimum Gasteiger partial charge on any atom is -0.465 e. The monoisotopic (exact) mass is 351 g/mol. The van der Waals surface area contributed by atoms with Crippen LogP contribution in [0.5, 0.6) is 0 Å². The van der Waals surface area contributed by atoms with E-state index in [2.05, 4.69) is 0 Å². The van der Waals surface area contributed by atoms with E-state index < -0.39 is 9.84 Å². The van der Waals surface area contributed by atoms with Gasteiger partial charge >= 0.3 is 0 Å². The summed E-state index contributed by atoms with van der Waals surface area (Å²) in [6.45, 7) is 0.430. The SMILES string of the molecule is O=C(C=Cc1ccco1)N(Cc1cccs1)C1CCS(=O)(=O)C1. The maximum Gasteiger partial charge on any atom is 0.247 e. The zero-order valence-corrected chi connectivity index (χ0v) is 14.1. The second kappa shape index (κ2) is 6.72. The first-order valence-electron chi connectivity index (χ1n) is 7.28. The number of hydrogen-bond donors (Lipinski definition) is 0. The lowest BCUT2D eigenvalue weighted by Gasteiger charge is -2.26.